The standard InChI is InChI=1S/C11H23F3N4O/c1-3-7-18(9-11(12,13)14)10(17-15)16-6-5-8-19-4-2/h3-9,15H2,1-2H3,(H,16,17). The molecule has 0 aromatic carbocycles. The number of rotatable bonds is 8. The molecule has 0 rings (SSSR count). The summed E-state index contributed by atoms with van der Waals surface area (Å²) in [5.41, 5.74) is 2.24. The number of hydrogen-bond donors (Lipinski definition) is 2. The van der Waals surface area contributed by atoms with Gasteiger partial charge >= 0.3 is 6.18 Å². The molecular weight excluding hydrogens is 261 g/mol. The molecule has 0 aromatic rings. The van der Waals surface area contributed by atoms with Gasteiger partial charge < -0.3 is 9.64 Å². The molecule has 8 heteroatoms. The van der Waals surface area contributed by atoms with Crippen molar-refractivity contribution in [2.45, 2.75) is 32.9 Å². The minimum Gasteiger partial charge on any atom is -0.382 e. The topological polar surface area (TPSA) is 62.9 Å². The molecule has 0 radical (unpaired) electrons. The number of hydrogen-bond acceptors (Lipinski definition) is 3. The lowest BCUT2D eigenvalue weighted by molar-refractivity contribution is -0.138. The highest BCUT2D eigenvalue weighted by molar-refractivity contribution is 5.79. The van der Waals surface area contributed by atoms with Crippen molar-refractivity contribution in [3.05, 3.63) is 0 Å². The van der Waals surface area contributed by atoms with Crippen LogP contribution in [0.3, 0.4) is 0 Å². The van der Waals surface area contributed by atoms with Crippen molar-refractivity contribution in [1.29, 1.82) is 0 Å². The Hall–Kier alpha value is -1.02. The normalized spacial score (nSPS) is 12.6. The van der Waals surface area contributed by atoms with E-state index in [0.29, 0.717) is 32.6 Å². The molecule has 3 N–H and O–H groups in total. The summed E-state index contributed by atoms with van der Waals surface area (Å²) in [5.74, 6) is 5.31. The largest absolute Gasteiger partial charge is 0.406 e. The number of nitrogens with one attached hydrogen (secondary N) is 1. The lowest BCUT2D eigenvalue weighted by Gasteiger charge is -2.26. The van der Waals surface area contributed by atoms with Crippen LogP contribution in [-0.4, -0.2) is 49.9 Å². The number of nitrogens with two attached hydrogens (primary N) is 1. The summed E-state index contributed by atoms with van der Waals surface area (Å²) >= 11 is 0. The molecule has 0 unspecified atom stereocenters. The molecule has 0 saturated carbocycles. The molecule has 0 aliphatic rings. The van der Waals surface area contributed by atoms with Crippen molar-refractivity contribution >= 4 is 5.96 Å². The van der Waals surface area contributed by atoms with Gasteiger partial charge in [-0.15, -0.1) is 0 Å². The third-order valence-electron chi connectivity index (χ3n) is 2.20. The van der Waals surface area contributed by atoms with Crippen LogP contribution in [0.15, 0.2) is 4.99 Å². The highest BCUT2D eigenvalue weighted by Crippen LogP contribution is 2.16. The van der Waals surface area contributed by atoms with Gasteiger partial charge in [0.2, 0.25) is 5.96 Å². The molecule has 0 fully saturated rings. The summed E-state index contributed by atoms with van der Waals surface area (Å²) in [6, 6.07) is 0. The van der Waals surface area contributed by atoms with Crippen LogP contribution in [0, 0.1) is 0 Å². The molecule has 19 heavy (non-hydrogen) atoms. The third kappa shape index (κ3) is 9.54. The van der Waals surface area contributed by atoms with Gasteiger partial charge in [0.15, 0.2) is 0 Å². The zero-order valence-corrected chi connectivity index (χ0v) is 11.5. The van der Waals surface area contributed by atoms with Gasteiger partial charge in [-0.25, -0.2) is 5.84 Å². The summed E-state index contributed by atoms with van der Waals surface area (Å²) in [6.07, 6.45) is -3.06. The maximum Gasteiger partial charge on any atom is 0.406 e. The fraction of sp³-hybridized carbons (Fsp3) is 0.909. The minimum atomic E-state index is -4.28. The summed E-state index contributed by atoms with van der Waals surface area (Å²) < 4.78 is 42.4. The van der Waals surface area contributed by atoms with E-state index in [1.165, 1.54) is 0 Å². The summed E-state index contributed by atoms with van der Waals surface area (Å²) in [6.45, 7) is 4.38. The molecule has 0 saturated heterocycles. The first-order chi connectivity index (χ1) is 8.94. The first kappa shape index (κ1) is 18.0. The Morgan fingerprint density at radius 3 is 2.53 bits per heavy atom. The third-order valence-corrected chi connectivity index (χ3v) is 2.20. The minimum absolute atomic E-state index is 0.0654. The lowest BCUT2D eigenvalue weighted by Crippen LogP contribution is -2.48. The van der Waals surface area contributed by atoms with E-state index in [1.54, 1.807) is 6.92 Å². The van der Waals surface area contributed by atoms with Crippen LogP contribution in [0.5, 0.6) is 0 Å². The van der Waals surface area contributed by atoms with E-state index in [4.69, 9.17) is 10.6 Å². The van der Waals surface area contributed by atoms with Gasteiger partial charge in [-0.3, -0.25) is 10.4 Å². The Balaban J connectivity index is 4.42. The molecule has 0 aromatic heterocycles. The van der Waals surface area contributed by atoms with Crippen LogP contribution in [0.2, 0.25) is 0 Å². The maximum absolute atomic E-state index is 12.4. The molecule has 0 aliphatic carbocycles. The number of halogens is 3. The van der Waals surface area contributed by atoms with Crippen LogP contribution in [0.4, 0.5) is 13.2 Å². The molecule has 0 atom stereocenters. The van der Waals surface area contributed by atoms with Gasteiger partial charge in [0.25, 0.3) is 0 Å². The quantitative estimate of drug-likeness (QED) is 0.233. The predicted molar refractivity (Wildman–Crippen MR) is 68.7 cm³/mol. The van der Waals surface area contributed by atoms with Crippen LogP contribution >= 0.6 is 0 Å². The predicted octanol–water partition coefficient (Wildman–Crippen LogP) is 1.51. The second kappa shape index (κ2) is 9.85. The number of nitrogens with zero attached hydrogens (tertiary/aromatic N) is 2. The molecule has 0 spiro atoms. The fourth-order valence-corrected chi connectivity index (χ4v) is 1.48. The van der Waals surface area contributed by atoms with Crippen molar-refractivity contribution in [3.8, 4) is 0 Å². The van der Waals surface area contributed by atoms with E-state index in [2.05, 4.69) is 10.4 Å². The molecular formula is C11H23F3N4O. The van der Waals surface area contributed by atoms with Gasteiger partial charge in [-0.1, -0.05) is 6.92 Å². The summed E-state index contributed by atoms with van der Waals surface area (Å²) in [5, 5.41) is 0. The van der Waals surface area contributed by atoms with Crippen molar-refractivity contribution in [2.75, 3.05) is 32.8 Å². The van der Waals surface area contributed by atoms with Gasteiger partial charge in [-0.2, -0.15) is 13.2 Å². The molecule has 0 amide bonds. The van der Waals surface area contributed by atoms with E-state index in [-0.39, 0.29) is 12.5 Å². The summed E-state index contributed by atoms with van der Waals surface area (Å²) in [7, 11) is 0. The second-order valence-corrected chi connectivity index (χ2v) is 3.94. The Bertz CT molecular complexity index is 259. The van der Waals surface area contributed by atoms with Crippen LogP contribution < -0.4 is 11.3 Å². The molecule has 5 nitrogen and oxygen atoms in total. The number of ether oxygens (including phenoxy) is 1. The van der Waals surface area contributed by atoms with Gasteiger partial charge in [0, 0.05) is 26.3 Å². The van der Waals surface area contributed by atoms with Crippen LogP contribution in [-0.2, 0) is 4.74 Å². The van der Waals surface area contributed by atoms with Crippen LogP contribution in [0.1, 0.15) is 26.7 Å². The summed E-state index contributed by atoms with van der Waals surface area (Å²) in [4.78, 5) is 5.14. The molecule has 0 aliphatic heterocycles. The lowest BCUT2D eigenvalue weighted by atomic mass is 10.4. The smallest absolute Gasteiger partial charge is 0.382 e. The van der Waals surface area contributed by atoms with Gasteiger partial charge in [0.1, 0.15) is 6.54 Å². The van der Waals surface area contributed by atoms with E-state index in [9.17, 15) is 13.2 Å². The van der Waals surface area contributed by atoms with Crippen LogP contribution in [0.25, 0.3) is 0 Å². The van der Waals surface area contributed by atoms with Crippen molar-refractivity contribution in [2.24, 2.45) is 10.8 Å². The molecule has 0 heterocycles. The first-order valence-electron chi connectivity index (χ1n) is 6.35. The van der Waals surface area contributed by atoms with Crippen molar-refractivity contribution < 1.29 is 17.9 Å². The van der Waals surface area contributed by atoms with E-state index in [0.717, 1.165) is 4.90 Å². The van der Waals surface area contributed by atoms with E-state index >= 15 is 0 Å². The zero-order valence-electron chi connectivity index (χ0n) is 11.5. The zero-order chi connectivity index (χ0) is 14.7. The average molecular weight is 284 g/mol. The maximum atomic E-state index is 12.4. The van der Waals surface area contributed by atoms with Gasteiger partial charge in [0.05, 0.1) is 0 Å². The van der Waals surface area contributed by atoms with Crippen molar-refractivity contribution in [1.82, 2.24) is 10.3 Å². The molecule has 114 valence electrons. The number of hydrazine groups is 1. The average Bonchev–Trinajstić information content (AvgIpc) is 2.32. The number of guanidine groups is 1. The van der Waals surface area contributed by atoms with Gasteiger partial charge in [-0.05, 0) is 19.8 Å². The second-order valence-electron chi connectivity index (χ2n) is 3.94. The van der Waals surface area contributed by atoms with E-state index in [1.807, 2.05) is 6.92 Å². The van der Waals surface area contributed by atoms with Crippen molar-refractivity contribution in [3.63, 3.8) is 0 Å². The Labute approximate surface area is 112 Å². The molecule has 0 bridgehead atoms. The Kier molecular flexibility index (Phi) is 9.32. The highest BCUT2D eigenvalue weighted by Gasteiger charge is 2.31. The Morgan fingerprint density at radius 1 is 1.37 bits per heavy atom. The fourth-order valence-electron chi connectivity index (χ4n) is 1.48. The number of aliphatic imine (C=N–C) groups is 1. The monoisotopic (exact) mass is 284 g/mol. The van der Waals surface area contributed by atoms with E-state index < -0.39 is 12.7 Å². The SMILES string of the molecule is CCCN(CC(F)(F)F)C(=NCCCOCC)NN. The Morgan fingerprint density at radius 2 is 2.05 bits per heavy atom. The number of alkyl halides is 3. The first-order valence-corrected chi connectivity index (χ1v) is 6.35. The highest BCUT2D eigenvalue weighted by atomic mass is 19.4.